The molecule has 0 radical (unpaired) electrons. The van der Waals surface area contributed by atoms with E-state index in [-0.39, 0.29) is 17.6 Å². The topological polar surface area (TPSA) is 38.7 Å². The molecule has 19 heavy (non-hydrogen) atoms. The van der Waals surface area contributed by atoms with Crippen LogP contribution in [0.25, 0.3) is 0 Å². The van der Waals surface area contributed by atoms with Crippen LogP contribution in [0.1, 0.15) is 37.7 Å². The van der Waals surface area contributed by atoms with Gasteiger partial charge in [0, 0.05) is 18.9 Å². The quantitative estimate of drug-likeness (QED) is 0.906. The predicted octanol–water partition coefficient (Wildman–Crippen LogP) is 2.91. The maximum absolute atomic E-state index is 10.1. The molecule has 1 aromatic rings. The molecule has 1 N–H and O–H groups in total. The Bertz CT molecular complexity index is 437. The fourth-order valence-electron chi connectivity index (χ4n) is 3.62. The first kappa shape index (κ1) is 12.9. The lowest BCUT2D eigenvalue weighted by atomic mass is 9.62. The summed E-state index contributed by atoms with van der Waals surface area (Å²) in [5.41, 5.74) is 1.16. The minimum atomic E-state index is -0.165. The molecule has 1 aromatic carbocycles. The van der Waals surface area contributed by atoms with Crippen molar-refractivity contribution in [3.05, 3.63) is 29.8 Å². The Kier molecular flexibility index (Phi) is 3.50. The van der Waals surface area contributed by atoms with Crippen molar-refractivity contribution in [1.82, 2.24) is 0 Å². The van der Waals surface area contributed by atoms with E-state index in [1.165, 1.54) is 12.8 Å². The van der Waals surface area contributed by atoms with Crippen LogP contribution in [0.2, 0.25) is 0 Å². The van der Waals surface area contributed by atoms with E-state index in [0.717, 1.165) is 30.6 Å². The molecule has 1 spiro atoms. The third kappa shape index (κ3) is 2.26. The van der Waals surface area contributed by atoms with Gasteiger partial charge in [-0.25, -0.2) is 0 Å². The highest BCUT2D eigenvalue weighted by Crippen LogP contribution is 2.54. The molecule has 2 aliphatic carbocycles. The van der Waals surface area contributed by atoms with Gasteiger partial charge < -0.3 is 14.6 Å². The van der Waals surface area contributed by atoms with Crippen molar-refractivity contribution in [1.29, 1.82) is 0 Å². The second kappa shape index (κ2) is 5.14. The van der Waals surface area contributed by atoms with Crippen LogP contribution in [-0.2, 0) is 11.3 Å². The van der Waals surface area contributed by atoms with Gasteiger partial charge in [0.25, 0.3) is 0 Å². The van der Waals surface area contributed by atoms with Crippen LogP contribution in [0, 0.1) is 5.41 Å². The van der Waals surface area contributed by atoms with Gasteiger partial charge in [0.1, 0.15) is 11.9 Å². The zero-order valence-electron chi connectivity index (χ0n) is 11.5. The van der Waals surface area contributed by atoms with Gasteiger partial charge in [-0.05, 0) is 30.5 Å². The van der Waals surface area contributed by atoms with Gasteiger partial charge in [0.2, 0.25) is 0 Å². The molecule has 0 aliphatic heterocycles. The second-order valence-electron chi connectivity index (χ2n) is 5.88. The highest BCUT2D eigenvalue weighted by molar-refractivity contribution is 5.29. The molecular weight excluding hydrogens is 240 g/mol. The molecule has 104 valence electrons. The smallest absolute Gasteiger partial charge is 0.120 e. The molecule has 0 amide bonds. The number of rotatable bonds is 4. The van der Waals surface area contributed by atoms with Gasteiger partial charge in [-0.3, -0.25) is 0 Å². The van der Waals surface area contributed by atoms with Gasteiger partial charge >= 0.3 is 0 Å². The summed E-state index contributed by atoms with van der Waals surface area (Å²) in [6, 6.07) is 8.07. The summed E-state index contributed by atoms with van der Waals surface area (Å²) >= 11 is 0. The first-order chi connectivity index (χ1) is 9.24. The molecule has 3 heteroatoms. The molecule has 2 unspecified atom stereocenters. The Morgan fingerprint density at radius 1 is 1.32 bits per heavy atom. The summed E-state index contributed by atoms with van der Waals surface area (Å²) in [5, 5.41) is 10.1. The van der Waals surface area contributed by atoms with E-state index in [1.54, 1.807) is 7.11 Å². The Morgan fingerprint density at radius 2 is 2.11 bits per heavy atom. The van der Waals surface area contributed by atoms with E-state index in [0.29, 0.717) is 6.61 Å². The van der Waals surface area contributed by atoms with Crippen LogP contribution in [-0.4, -0.2) is 24.4 Å². The monoisotopic (exact) mass is 262 g/mol. The van der Waals surface area contributed by atoms with Gasteiger partial charge in [0.15, 0.2) is 0 Å². The third-order valence-corrected chi connectivity index (χ3v) is 4.76. The molecule has 2 aliphatic rings. The first-order valence-electron chi connectivity index (χ1n) is 7.17. The number of ether oxygens (including phenoxy) is 2. The van der Waals surface area contributed by atoms with Crippen molar-refractivity contribution in [2.24, 2.45) is 5.41 Å². The average Bonchev–Trinajstić information content (AvgIpc) is 2.92. The molecule has 2 saturated carbocycles. The molecule has 0 aromatic heterocycles. The fourth-order valence-corrected chi connectivity index (χ4v) is 3.62. The maximum atomic E-state index is 10.1. The number of hydrogen-bond donors (Lipinski definition) is 1. The summed E-state index contributed by atoms with van der Waals surface area (Å²) < 4.78 is 11.3. The van der Waals surface area contributed by atoms with Gasteiger partial charge in [-0.2, -0.15) is 0 Å². The Balaban J connectivity index is 1.70. The summed E-state index contributed by atoms with van der Waals surface area (Å²) in [5.74, 6) is 0.901. The zero-order chi connectivity index (χ0) is 13.3. The van der Waals surface area contributed by atoms with Crippen molar-refractivity contribution in [2.75, 3.05) is 7.11 Å². The van der Waals surface area contributed by atoms with Crippen molar-refractivity contribution < 1.29 is 14.6 Å². The van der Waals surface area contributed by atoms with E-state index < -0.39 is 0 Å². The number of methoxy groups -OCH3 is 1. The van der Waals surface area contributed by atoms with Crippen molar-refractivity contribution in [3.8, 4) is 5.75 Å². The molecule has 0 heterocycles. The summed E-state index contributed by atoms with van der Waals surface area (Å²) in [7, 11) is 1.70. The summed E-state index contributed by atoms with van der Waals surface area (Å²) in [4.78, 5) is 0. The zero-order valence-corrected chi connectivity index (χ0v) is 11.5. The van der Waals surface area contributed by atoms with Crippen LogP contribution in [0.5, 0.6) is 5.75 Å². The van der Waals surface area contributed by atoms with Crippen LogP contribution >= 0.6 is 0 Å². The van der Waals surface area contributed by atoms with Crippen molar-refractivity contribution in [3.63, 3.8) is 0 Å². The molecular formula is C16H22O3. The summed E-state index contributed by atoms with van der Waals surface area (Å²) in [6.07, 6.45) is 5.45. The Labute approximate surface area is 114 Å². The predicted molar refractivity (Wildman–Crippen MR) is 73.1 cm³/mol. The molecule has 0 bridgehead atoms. The number of benzene rings is 1. The van der Waals surface area contributed by atoms with Crippen molar-refractivity contribution >= 4 is 0 Å². The lowest BCUT2D eigenvalue weighted by Crippen LogP contribution is -2.58. The van der Waals surface area contributed by atoms with E-state index >= 15 is 0 Å². The largest absolute Gasteiger partial charge is 0.490 e. The van der Waals surface area contributed by atoms with Gasteiger partial charge in [-0.1, -0.05) is 25.0 Å². The second-order valence-corrected chi connectivity index (χ2v) is 5.88. The Hall–Kier alpha value is -1.06. The van der Waals surface area contributed by atoms with E-state index in [4.69, 9.17) is 9.47 Å². The molecule has 3 nitrogen and oxygen atoms in total. The first-order valence-corrected chi connectivity index (χ1v) is 7.17. The lowest BCUT2D eigenvalue weighted by molar-refractivity contribution is -0.152. The Morgan fingerprint density at radius 3 is 2.79 bits per heavy atom. The maximum Gasteiger partial charge on any atom is 0.120 e. The third-order valence-electron chi connectivity index (χ3n) is 4.76. The summed E-state index contributed by atoms with van der Waals surface area (Å²) in [6.45, 7) is 0.607. The molecule has 3 rings (SSSR count). The number of aliphatic hydroxyl groups is 1. The SMILES string of the molecule is COCc1cccc(OC2CC(O)C23CCCC3)c1. The number of hydrogen-bond acceptors (Lipinski definition) is 3. The lowest BCUT2D eigenvalue weighted by Gasteiger charge is -2.51. The average molecular weight is 262 g/mol. The van der Waals surface area contributed by atoms with Crippen LogP contribution in [0.3, 0.4) is 0 Å². The van der Waals surface area contributed by atoms with Crippen molar-refractivity contribution in [2.45, 2.75) is 50.9 Å². The molecule has 2 atom stereocenters. The van der Waals surface area contributed by atoms with Gasteiger partial charge in [0.05, 0.1) is 12.7 Å². The highest BCUT2D eigenvalue weighted by atomic mass is 16.5. The fraction of sp³-hybridized carbons (Fsp3) is 0.625. The van der Waals surface area contributed by atoms with Crippen LogP contribution in [0.4, 0.5) is 0 Å². The minimum absolute atomic E-state index is 0.0389. The normalized spacial score (nSPS) is 28.3. The van der Waals surface area contributed by atoms with Crippen LogP contribution in [0.15, 0.2) is 24.3 Å². The van der Waals surface area contributed by atoms with Gasteiger partial charge in [-0.15, -0.1) is 0 Å². The molecule has 0 saturated heterocycles. The van der Waals surface area contributed by atoms with Crippen LogP contribution < -0.4 is 4.74 Å². The highest BCUT2D eigenvalue weighted by Gasteiger charge is 2.57. The van der Waals surface area contributed by atoms with E-state index in [2.05, 4.69) is 0 Å². The van der Waals surface area contributed by atoms with E-state index in [9.17, 15) is 5.11 Å². The van der Waals surface area contributed by atoms with E-state index in [1.807, 2.05) is 24.3 Å². The molecule has 2 fully saturated rings. The standard InChI is InChI=1S/C16H22O3/c1-18-11-12-5-4-6-13(9-12)19-15-10-14(17)16(15)7-2-3-8-16/h4-6,9,14-15,17H,2-3,7-8,10-11H2,1H3. The minimum Gasteiger partial charge on any atom is -0.490 e. The number of aliphatic hydroxyl groups excluding tert-OH is 1.